The third-order valence-corrected chi connectivity index (χ3v) is 5.37. The number of benzene rings is 1. The molecule has 1 aliphatic rings. The lowest BCUT2D eigenvalue weighted by atomic mass is 9.94. The summed E-state index contributed by atoms with van der Waals surface area (Å²) in [4.78, 5) is 12.0. The van der Waals surface area contributed by atoms with Crippen LogP contribution in [-0.4, -0.2) is 39.6 Å². The lowest BCUT2D eigenvalue weighted by Gasteiger charge is -2.32. The van der Waals surface area contributed by atoms with Crippen LogP contribution in [0, 0.1) is 0 Å². The maximum atomic E-state index is 5.25. The highest BCUT2D eigenvalue weighted by Crippen LogP contribution is 2.28. The molecule has 5 heteroatoms. The van der Waals surface area contributed by atoms with Crippen LogP contribution in [0.4, 0.5) is 0 Å². The summed E-state index contributed by atoms with van der Waals surface area (Å²) in [5, 5.41) is 0. The van der Waals surface area contributed by atoms with Crippen LogP contribution in [-0.2, 0) is 13.6 Å². The minimum Gasteiger partial charge on any atom is -0.497 e. The molecule has 0 bridgehead atoms. The molecule has 27 heavy (non-hydrogen) atoms. The van der Waals surface area contributed by atoms with Crippen LogP contribution in [0.3, 0.4) is 0 Å². The van der Waals surface area contributed by atoms with Gasteiger partial charge in [-0.25, -0.2) is 4.98 Å². The van der Waals surface area contributed by atoms with Crippen molar-refractivity contribution in [3.8, 4) is 17.0 Å². The first-order chi connectivity index (χ1) is 13.2. The predicted octanol–water partition coefficient (Wildman–Crippen LogP) is 3.87. The summed E-state index contributed by atoms with van der Waals surface area (Å²) < 4.78 is 7.36. The number of ether oxygens (including phenoxy) is 1. The molecule has 5 nitrogen and oxygen atoms in total. The molecular formula is C22H26N4O. The number of pyridine rings is 1. The topological polar surface area (TPSA) is 43.2 Å². The molecule has 0 radical (unpaired) electrons. The molecule has 0 N–H and O–H groups in total. The van der Waals surface area contributed by atoms with Crippen molar-refractivity contribution in [2.75, 3.05) is 20.2 Å². The van der Waals surface area contributed by atoms with Gasteiger partial charge in [-0.2, -0.15) is 0 Å². The molecule has 1 atom stereocenters. The molecule has 1 aliphatic heterocycles. The number of nitrogens with zero attached hydrogens (tertiary/aromatic N) is 4. The number of aromatic nitrogens is 3. The highest BCUT2D eigenvalue weighted by Gasteiger charge is 2.23. The Morgan fingerprint density at radius 1 is 1.15 bits per heavy atom. The van der Waals surface area contributed by atoms with Crippen molar-refractivity contribution in [1.29, 1.82) is 0 Å². The summed E-state index contributed by atoms with van der Waals surface area (Å²) in [5.74, 6) is 2.46. The van der Waals surface area contributed by atoms with Crippen LogP contribution >= 0.6 is 0 Å². The second-order valence-corrected chi connectivity index (χ2v) is 7.20. The Bertz CT molecular complexity index is 887. The van der Waals surface area contributed by atoms with Crippen molar-refractivity contribution in [2.45, 2.75) is 25.3 Å². The standard InChI is InChI=1S/C22H26N4O/c1-25-14-12-23-22(25)16-26-13-4-5-18(15-26)21-7-3-6-20(24-21)17-8-10-19(27-2)11-9-17/h3,6-12,14,18H,4-5,13,15-16H2,1-2H3/t18-/m1/s1. The van der Waals surface area contributed by atoms with Crippen LogP contribution in [0.25, 0.3) is 11.3 Å². The largest absolute Gasteiger partial charge is 0.497 e. The van der Waals surface area contributed by atoms with Gasteiger partial charge in [-0.1, -0.05) is 6.07 Å². The zero-order valence-electron chi connectivity index (χ0n) is 16.0. The Labute approximate surface area is 160 Å². The van der Waals surface area contributed by atoms with Crippen LogP contribution in [0.2, 0.25) is 0 Å². The number of hydrogen-bond acceptors (Lipinski definition) is 4. The second kappa shape index (κ2) is 7.92. The quantitative estimate of drug-likeness (QED) is 0.691. The van der Waals surface area contributed by atoms with E-state index in [1.807, 2.05) is 24.5 Å². The van der Waals surface area contributed by atoms with E-state index >= 15 is 0 Å². The third-order valence-electron chi connectivity index (χ3n) is 5.37. The van der Waals surface area contributed by atoms with E-state index in [2.05, 4.69) is 51.8 Å². The van der Waals surface area contributed by atoms with Gasteiger partial charge in [0.1, 0.15) is 11.6 Å². The van der Waals surface area contributed by atoms with Crippen molar-refractivity contribution in [3.63, 3.8) is 0 Å². The molecule has 0 unspecified atom stereocenters. The monoisotopic (exact) mass is 362 g/mol. The van der Waals surface area contributed by atoms with Gasteiger partial charge in [-0.3, -0.25) is 9.88 Å². The average Bonchev–Trinajstić information content (AvgIpc) is 3.13. The predicted molar refractivity (Wildman–Crippen MR) is 107 cm³/mol. The minimum absolute atomic E-state index is 0.470. The number of methoxy groups -OCH3 is 1. The van der Waals surface area contributed by atoms with Crippen molar-refractivity contribution in [1.82, 2.24) is 19.4 Å². The van der Waals surface area contributed by atoms with Gasteiger partial charge in [0.15, 0.2) is 0 Å². The van der Waals surface area contributed by atoms with E-state index in [4.69, 9.17) is 9.72 Å². The fraction of sp³-hybridized carbons (Fsp3) is 0.364. The highest BCUT2D eigenvalue weighted by molar-refractivity contribution is 5.60. The first-order valence-corrected chi connectivity index (χ1v) is 9.53. The number of aryl methyl sites for hydroxylation is 1. The normalized spacial score (nSPS) is 17.8. The van der Waals surface area contributed by atoms with Crippen LogP contribution in [0.1, 0.15) is 30.3 Å². The van der Waals surface area contributed by atoms with E-state index in [0.29, 0.717) is 5.92 Å². The Morgan fingerprint density at radius 2 is 2.00 bits per heavy atom. The first kappa shape index (κ1) is 17.7. The summed E-state index contributed by atoms with van der Waals surface area (Å²) in [7, 11) is 3.75. The van der Waals surface area contributed by atoms with E-state index in [1.54, 1.807) is 7.11 Å². The number of hydrogen-bond donors (Lipinski definition) is 0. The molecule has 4 rings (SSSR count). The van der Waals surface area contributed by atoms with Gasteiger partial charge < -0.3 is 9.30 Å². The molecule has 0 saturated carbocycles. The van der Waals surface area contributed by atoms with Gasteiger partial charge in [-0.05, 0) is 55.8 Å². The number of piperidine rings is 1. The van der Waals surface area contributed by atoms with Gasteiger partial charge in [0.25, 0.3) is 0 Å². The van der Waals surface area contributed by atoms with E-state index in [9.17, 15) is 0 Å². The molecule has 0 aliphatic carbocycles. The Hall–Kier alpha value is -2.66. The summed E-state index contributed by atoms with van der Waals surface area (Å²) in [6.07, 6.45) is 6.27. The first-order valence-electron chi connectivity index (χ1n) is 9.53. The van der Waals surface area contributed by atoms with E-state index in [1.165, 1.54) is 18.5 Å². The molecule has 1 saturated heterocycles. The molecule has 2 aromatic heterocycles. The van der Waals surface area contributed by atoms with E-state index < -0.39 is 0 Å². The molecular weight excluding hydrogens is 336 g/mol. The summed E-state index contributed by atoms with van der Waals surface area (Å²) >= 11 is 0. The maximum Gasteiger partial charge on any atom is 0.122 e. The third kappa shape index (κ3) is 4.03. The molecule has 3 heterocycles. The molecule has 1 fully saturated rings. The van der Waals surface area contributed by atoms with Gasteiger partial charge in [-0.15, -0.1) is 0 Å². The maximum absolute atomic E-state index is 5.25. The number of imidazole rings is 1. The number of likely N-dealkylation sites (tertiary alicyclic amines) is 1. The van der Waals surface area contributed by atoms with Crippen LogP contribution in [0.5, 0.6) is 5.75 Å². The number of rotatable bonds is 5. The average molecular weight is 362 g/mol. The molecule has 0 spiro atoms. The Balaban J connectivity index is 1.49. The lowest BCUT2D eigenvalue weighted by Crippen LogP contribution is -2.34. The van der Waals surface area contributed by atoms with Gasteiger partial charge in [0.2, 0.25) is 0 Å². The van der Waals surface area contributed by atoms with Gasteiger partial charge in [0, 0.05) is 43.2 Å². The van der Waals surface area contributed by atoms with E-state index in [-0.39, 0.29) is 0 Å². The molecule has 140 valence electrons. The minimum atomic E-state index is 0.470. The van der Waals surface area contributed by atoms with Crippen LogP contribution in [0.15, 0.2) is 54.9 Å². The van der Waals surface area contributed by atoms with Crippen molar-refractivity contribution < 1.29 is 4.74 Å². The van der Waals surface area contributed by atoms with Gasteiger partial charge in [0.05, 0.1) is 19.3 Å². The fourth-order valence-corrected chi connectivity index (χ4v) is 3.79. The van der Waals surface area contributed by atoms with Crippen molar-refractivity contribution in [2.24, 2.45) is 7.05 Å². The lowest BCUT2D eigenvalue weighted by molar-refractivity contribution is 0.192. The summed E-state index contributed by atoms with van der Waals surface area (Å²) in [5.41, 5.74) is 3.34. The SMILES string of the molecule is COc1ccc(-c2cccc([C@@H]3CCCN(Cc4nccn4C)C3)n2)cc1. The highest BCUT2D eigenvalue weighted by atomic mass is 16.5. The molecule has 3 aromatic rings. The van der Waals surface area contributed by atoms with Crippen LogP contribution < -0.4 is 4.74 Å². The van der Waals surface area contributed by atoms with Crippen molar-refractivity contribution >= 4 is 0 Å². The molecule has 0 amide bonds. The second-order valence-electron chi connectivity index (χ2n) is 7.20. The Kier molecular flexibility index (Phi) is 5.21. The zero-order chi connectivity index (χ0) is 18.6. The van der Waals surface area contributed by atoms with E-state index in [0.717, 1.165) is 42.5 Å². The smallest absolute Gasteiger partial charge is 0.122 e. The Morgan fingerprint density at radius 3 is 2.74 bits per heavy atom. The zero-order valence-corrected chi connectivity index (χ0v) is 16.0. The summed E-state index contributed by atoms with van der Waals surface area (Å²) in [6.45, 7) is 3.06. The molecule has 1 aromatic carbocycles. The van der Waals surface area contributed by atoms with Crippen molar-refractivity contribution in [3.05, 3.63) is 66.4 Å². The van der Waals surface area contributed by atoms with Gasteiger partial charge >= 0.3 is 0 Å². The fourth-order valence-electron chi connectivity index (χ4n) is 3.79. The summed E-state index contributed by atoms with van der Waals surface area (Å²) in [6, 6.07) is 14.5.